The van der Waals surface area contributed by atoms with Crippen LogP contribution < -0.4 is 0 Å². The molecule has 1 aromatic carbocycles. The van der Waals surface area contributed by atoms with Gasteiger partial charge >= 0.3 is 0 Å². The second kappa shape index (κ2) is 4.84. The van der Waals surface area contributed by atoms with Gasteiger partial charge in [0.2, 0.25) is 0 Å². The van der Waals surface area contributed by atoms with E-state index in [0.717, 1.165) is 0 Å². The van der Waals surface area contributed by atoms with Crippen molar-refractivity contribution in [1.82, 2.24) is 0 Å². The zero-order valence-corrected chi connectivity index (χ0v) is 13.6. The first-order chi connectivity index (χ1) is 9.02. The molecule has 0 aromatic heterocycles. The van der Waals surface area contributed by atoms with E-state index in [-0.39, 0.29) is 0 Å². The Morgan fingerprint density at radius 2 is 1.53 bits per heavy atom. The summed E-state index contributed by atoms with van der Waals surface area (Å²) in [5.41, 5.74) is 4.90. The Kier molecular flexibility index (Phi) is 3.45. The normalized spacial score (nSPS) is 20.7. The number of thioether (sulfide) groups is 1. The molecule has 19 heavy (non-hydrogen) atoms. The largest absolute Gasteiger partial charge is 0.118 e. The molecule has 104 valence electrons. The SMILES string of the molecule is CC(C)c1ccc(C(C)C)c2c1CC1(CCCC1)S2. The molecule has 0 saturated heterocycles. The van der Waals surface area contributed by atoms with E-state index >= 15 is 0 Å². The third kappa shape index (κ3) is 2.24. The van der Waals surface area contributed by atoms with E-state index < -0.39 is 0 Å². The lowest BCUT2D eigenvalue weighted by atomic mass is 9.87. The molecule has 1 saturated carbocycles. The van der Waals surface area contributed by atoms with E-state index in [4.69, 9.17) is 0 Å². The summed E-state index contributed by atoms with van der Waals surface area (Å²) in [6.07, 6.45) is 7.08. The predicted octanol–water partition coefficient (Wildman–Crippen LogP) is 5.89. The molecular weight excluding hydrogens is 248 g/mol. The number of hydrogen-bond acceptors (Lipinski definition) is 1. The molecule has 0 unspecified atom stereocenters. The Morgan fingerprint density at radius 1 is 0.947 bits per heavy atom. The van der Waals surface area contributed by atoms with Crippen molar-refractivity contribution >= 4 is 11.8 Å². The lowest BCUT2D eigenvalue weighted by Crippen LogP contribution is -2.18. The number of benzene rings is 1. The fraction of sp³-hybridized carbons (Fsp3) is 0.667. The Morgan fingerprint density at radius 3 is 2.11 bits per heavy atom. The number of fused-ring (bicyclic) bond motifs is 1. The van der Waals surface area contributed by atoms with Gasteiger partial charge < -0.3 is 0 Å². The molecule has 1 aromatic rings. The minimum absolute atomic E-state index is 0.566. The summed E-state index contributed by atoms with van der Waals surface area (Å²) < 4.78 is 0.566. The van der Waals surface area contributed by atoms with Gasteiger partial charge in [0.05, 0.1) is 0 Å². The standard InChI is InChI=1S/C18H26S/c1-12(2)14-7-8-15(13(3)4)17-16(14)11-18(19-17)9-5-6-10-18/h7-8,12-13H,5-6,9-11H2,1-4H3. The van der Waals surface area contributed by atoms with Crippen molar-refractivity contribution in [2.24, 2.45) is 0 Å². The van der Waals surface area contributed by atoms with Gasteiger partial charge in [-0.1, -0.05) is 52.7 Å². The second-order valence-corrected chi connectivity index (χ2v) is 8.51. The van der Waals surface area contributed by atoms with Gasteiger partial charge in [-0.2, -0.15) is 0 Å². The third-order valence-corrected chi connectivity index (χ3v) is 6.58. The van der Waals surface area contributed by atoms with Crippen LogP contribution in [0.25, 0.3) is 0 Å². The van der Waals surface area contributed by atoms with Crippen LogP contribution in [0.2, 0.25) is 0 Å². The Hall–Kier alpha value is -0.430. The summed E-state index contributed by atoms with van der Waals surface area (Å²) in [5.74, 6) is 1.31. The highest BCUT2D eigenvalue weighted by atomic mass is 32.2. The van der Waals surface area contributed by atoms with E-state index in [0.29, 0.717) is 16.6 Å². The minimum atomic E-state index is 0.566. The average molecular weight is 274 g/mol. The summed E-state index contributed by atoms with van der Waals surface area (Å²) in [6, 6.07) is 4.81. The van der Waals surface area contributed by atoms with Crippen molar-refractivity contribution in [1.29, 1.82) is 0 Å². The summed E-state index contributed by atoms with van der Waals surface area (Å²) in [7, 11) is 0. The number of hydrogen-bond donors (Lipinski definition) is 0. The van der Waals surface area contributed by atoms with Gasteiger partial charge in [0, 0.05) is 9.64 Å². The molecule has 0 radical (unpaired) electrons. The molecule has 0 bridgehead atoms. The summed E-state index contributed by atoms with van der Waals surface area (Å²) in [4.78, 5) is 1.66. The molecule has 0 N–H and O–H groups in total. The quantitative estimate of drug-likeness (QED) is 0.647. The van der Waals surface area contributed by atoms with E-state index in [1.165, 1.54) is 32.1 Å². The van der Waals surface area contributed by atoms with Crippen LogP contribution in [0, 0.1) is 0 Å². The van der Waals surface area contributed by atoms with Crippen molar-refractivity contribution in [3.05, 3.63) is 28.8 Å². The second-order valence-electron chi connectivity index (χ2n) is 7.03. The third-order valence-electron chi connectivity index (χ3n) is 4.90. The predicted molar refractivity (Wildman–Crippen MR) is 85.4 cm³/mol. The van der Waals surface area contributed by atoms with Crippen LogP contribution in [0.4, 0.5) is 0 Å². The fourth-order valence-corrected chi connectivity index (χ4v) is 5.71. The molecule has 0 atom stereocenters. The number of rotatable bonds is 2. The maximum Gasteiger partial charge on any atom is 0.0248 e. The zero-order valence-electron chi connectivity index (χ0n) is 12.8. The van der Waals surface area contributed by atoms with Gasteiger partial charge in [0.15, 0.2) is 0 Å². The minimum Gasteiger partial charge on any atom is -0.118 e. The molecule has 1 aliphatic carbocycles. The lowest BCUT2D eigenvalue weighted by molar-refractivity contribution is 0.611. The van der Waals surface area contributed by atoms with Crippen molar-refractivity contribution in [2.45, 2.75) is 81.3 Å². The van der Waals surface area contributed by atoms with Gasteiger partial charge in [-0.25, -0.2) is 0 Å². The summed E-state index contributed by atoms with van der Waals surface area (Å²) >= 11 is 2.23. The van der Waals surface area contributed by atoms with Crippen LogP contribution >= 0.6 is 11.8 Å². The van der Waals surface area contributed by atoms with Crippen LogP contribution in [-0.2, 0) is 6.42 Å². The zero-order chi connectivity index (χ0) is 13.6. The van der Waals surface area contributed by atoms with Crippen LogP contribution in [0.1, 0.15) is 81.9 Å². The summed E-state index contributed by atoms with van der Waals surface area (Å²) in [6.45, 7) is 9.36. The van der Waals surface area contributed by atoms with E-state index in [9.17, 15) is 0 Å². The van der Waals surface area contributed by atoms with Crippen molar-refractivity contribution < 1.29 is 0 Å². The Labute approximate surface area is 122 Å². The van der Waals surface area contributed by atoms with Gasteiger partial charge in [0.25, 0.3) is 0 Å². The molecule has 0 amide bonds. The first-order valence-electron chi connectivity index (χ1n) is 7.87. The fourth-order valence-electron chi connectivity index (χ4n) is 3.83. The van der Waals surface area contributed by atoms with Crippen LogP contribution in [0.5, 0.6) is 0 Å². The van der Waals surface area contributed by atoms with Crippen molar-refractivity contribution in [2.75, 3.05) is 0 Å². The highest BCUT2D eigenvalue weighted by Crippen LogP contribution is 2.56. The maximum atomic E-state index is 2.41. The summed E-state index contributed by atoms with van der Waals surface area (Å²) in [5, 5.41) is 0. The Balaban J connectivity index is 2.08. The lowest BCUT2D eigenvalue weighted by Gasteiger charge is -2.21. The van der Waals surface area contributed by atoms with E-state index in [2.05, 4.69) is 51.6 Å². The monoisotopic (exact) mass is 274 g/mol. The molecule has 1 aliphatic heterocycles. The van der Waals surface area contributed by atoms with Crippen LogP contribution in [0.3, 0.4) is 0 Å². The van der Waals surface area contributed by atoms with Gasteiger partial charge in [-0.15, -0.1) is 11.8 Å². The van der Waals surface area contributed by atoms with Crippen LogP contribution in [0.15, 0.2) is 17.0 Å². The molecule has 3 rings (SSSR count). The van der Waals surface area contributed by atoms with Gasteiger partial charge in [0.1, 0.15) is 0 Å². The highest BCUT2D eigenvalue weighted by Gasteiger charge is 2.42. The Bertz CT molecular complexity index is 440. The first-order valence-corrected chi connectivity index (χ1v) is 8.69. The highest BCUT2D eigenvalue weighted by molar-refractivity contribution is 8.01. The smallest absolute Gasteiger partial charge is 0.0248 e. The van der Waals surface area contributed by atoms with E-state index in [1.807, 2.05) is 0 Å². The van der Waals surface area contributed by atoms with Crippen molar-refractivity contribution in [3.8, 4) is 0 Å². The van der Waals surface area contributed by atoms with Gasteiger partial charge in [-0.05, 0) is 47.8 Å². The molecule has 1 fully saturated rings. The van der Waals surface area contributed by atoms with Crippen molar-refractivity contribution in [3.63, 3.8) is 0 Å². The first kappa shape index (κ1) is 13.5. The van der Waals surface area contributed by atoms with E-state index in [1.54, 1.807) is 21.6 Å². The average Bonchev–Trinajstić information content (AvgIpc) is 2.94. The molecule has 1 heteroatoms. The molecule has 1 heterocycles. The maximum absolute atomic E-state index is 2.41. The molecular formula is C18H26S. The molecule has 1 spiro atoms. The van der Waals surface area contributed by atoms with Crippen LogP contribution in [-0.4, -0.2) is 4.75 Å². The van der Waals surface area contributed by atoms with Gasteiger partial charge in [-0.3, -0.25) is 0 Å². The molecule has 0 nitrogen and oxygen atoms in total. The topological polar surface area (TPSA) is 0 Å². The molecule has 2 aliphatic rings.